The number of rotatable bonds is 3. The minimum Gasteiger partial charge on any atom is -0.317 e. The van der Waals surface area contributed by atoms with E-state index in [2.05, 4.69) is 45.3 Å². The second-order valence-corrected chi connectivity index (χ2v) is 6.89. The van der Waals surface area contributed by atoms with Gasteiger partial charge >= 0.3 is 0 Å². The lowest BCUT2D eigenvalue weighted by molar-refractivity contribution is 0.123. The predicted molar refractivity (Wildman–Crippen MR) is 71.7 cm³/mol. The van der Waals surface area contributed by atoms with Crippen molar-refractivity contribution in [2.75, 3.05) is 19.6 Å². The summed E-state index contributed by atoms with van der Waals surface area (Å²) in [6.07, 6.45) is 3.92. The van der Waals surface area contributed by atoms with Crippen LogP contribution in [0, 0.1) is 10.8 Å². The Morgan fingerprint density at radius 1 is 1.06 bits per heavy atom. The van der Waals surface area contributed by atoms with Crippen molar-refractivity contribution < 1.29 is 0 Å². The van der Waals surface area contributed by atoms with Gasteiger partial charge in [0.15, 0.2) is 0 Å². The second-order valence-electron chi connectivity index (χ2n) is 6.89. The molecule has 0 aromatic carbocycles. The van der Waals surface area contributed by atoms with Gasteiger partial charge in [-0.25, -0.2) is 0 Å². The first-order valence-electron chi connectivity index (χ1n) is 6.77. The molecular weight excluding hydrogens is 196 g/mol. The molecule has 2 nitrogen and oxygen atoms in total. The summed E-state index contributed by atoms with van der Waals surface area (Å²) in [6.45, 7) is 15.2. The van der Waals surface area contributed by atoms with Crippen molar-refractivity contribution in [3.63, 3.8) is 0 Å². The lowest BCUT2D eigenvalue weighted by Crippen LogP contribution is -2.43. The Balaban J connectivity index is 2.37. The lowest BCUT2D eigenvalue weighted by Gasteiger charge is -2.40. The molecule has 16 heavy (non-hydrogen) atoms. The van der Waals surface area contributed by atoms with Crippen LogP contribution in [0.25, 0.3) is 0 Å². The number of hydrogen-bond acceptors (Lipinski definition) is 2. The van der Waals surface area contributed by atoms with E-state index >= 15 is 0 Å². The SMILES string of the molecule is CC(C)(C)C(C)(C)CNC1CCCNCC1. The van der Waals surface area contributed by atoms with Crippen LogP contribution < -0.4 is 10.6 Å². The fourth-order valence-electron chi connectivity index (χ4n) is 1.89. The maximum atomic E-state index is 3.77. The van der Waals surface area contributed by atoms with Crippen molar-refractivity contribution in [1.82, 2.24) is 10.6 Å². The van der Waals surface area contributed by atoms with Crippen molar-refractivity contribution in [1.29, 1.82) is 0 Å². The molecule has 1 fully saturated rings. The molecule has 1 aliphatic heterocycles. The maximum Gasteiger partial charge on any atom is 0.00798 e. The highest BCUT2D eigenvalue weighted by Gasteiger charge is 2.32. The van der Waals surface area contributed by atoms with Gasteiger partial charge in [-0.3, -0.25) is 0 Å². The van der Waals surface area contributed by atoms with Crippen LogP contribution in [0.4, 0.5) is 0 Å². The summed E-state index contributed by atoms with van der Waals surface area (Å²) in [5, 5.41) is 7.23. The second kappa shape index (κ2) is 5.50. The molecule has 0 aliphatic carbocycles. The van der Waals surface area contributed by atoms with Crippen LogP contribution >= 0.6 is 0 Å². The minimum atomic E-state index is 0.354. The summed E-state index contributed by atoms with van der Waals surface area (Å²) in [5.41, 5.74) is 0.718. The Labute approximate surface area is 102 Å². The average molecular weight is 226 g/mol. The van der Waals surface area contributed by atoms with E-state index in [-0.39, 0.29) is 0 Å². The van der Waals surface area contributed by atoms with E-state index in [1.54, 1.807) is 0 Å². The van der Waals surface area contributed by atoms with Gasteiger partial charge in [0, 0.05) is 12.6 Å². The van der Waals surface area contributed by atoms with Crippen LogP contribution in [0.5, 0.6) is 0 Å². The molecule has 0 bridgehead atoms. The molecule has 2 N–H and O–H groups in total. The Morgan fingerprint density at radius 3 is 2.38 bits per heavy atom. The molecule has 0 radical (unpaired) electrons. The molecule has 0 spiro atoms. The van der Waals surface area contributed by atoms with Gasteiger partial charge in [0.2, 0.25) is 0 Å². The van der Waals surface area contributed by atoms with E-state index in [1.165, 1.54) is 32.4 Å². The highest BCUT2D eigenvalue weighted by atomic mass is 15.0. The summed E-state index contributed by atoms with van der Waals surface area (Å²) in [6, 6.07) is 0.719. The van der Waals surface area contributed by atoms with E-state index in [9.17, 15) is 0 Å². The molecule has 0 saturated carbocycles. The molecule has 96 valence electrons. The molecule has 0 aromatic rings. The van der Waals surface area contributed by atoms with Crippen LogP contribution in [0.2, 0.25) is 0 Å². The summed E-state index contributed by atoms with van der Waals surface area (Å²) < 4.78 is 0. The Kier molecular flexibility index (Phi) is 4.81. The largest absolute Gasteiger partial charge is 0.317 e. The van der Waals surface area contributed by atoms with Gasteiger partial charge in [-0.1, -0.05) is 34.6 Å². The molecule has 0 amide bonds. The van der Waals surface area contributed by atoms with Gasteiger partial charge in [0.25, 0.3) is 0 Å². The first kappa shape index (κ1) is 14.0. The van der Waals surface area contributed by atoms with E-state index in [1.807, 2.05) is 0 Å². The van der Waals surface area contributed by atoms with Gasteiger partial charge in [-0.05, 0) is 43.2 Å². The van der Waals surface area contributed by atoms with Crippen molar-refractivity contribution in [3.8, 4) is 0 Å². The van der Waals surface area contributed by atoms with Gasteiger partial charge < -0.3 is 10.6 Å². The van der Waals surface area contributed by atoms with Crippen molar-refractivity contribution >= 4 is 0 Å². The average Bonchev–Trinajstić information content (AvgIpc) is 2.41. The summed E-state index contributed by atoms with van der Waals surface area (Å²) in [5.74, 6) is 0. The minimum absolute atomic E-state index is 0.354. The predicted octanol–water partition coefficient (Wildman–Crippen LogP) is 2.79. The van der Waals surface area contributed by atoms with Crippen molar-refractivity contribution in [2.45, 2.75) is 59.9 Å². The van der Waals surface area contributed by atoms with E-state index < -0.39 is 0 Å². The van der Waals surface area contributed by atoms with E-state index in [0.717, 1.165) is 12.6 Å². The van der Waals surface area contributed by atoms with Crippen LogP contribution in [-0.4, -0.2) is 25.7 Å². The van der Waals surface area contributed by atoms with Crippen LogP contribution in [0.15, 0.2) is 0 Å². The molecule has 2 heteroatoms. The molecule has 1 unspecified atom stereocenters. The smallest absolute Gasteiger partial charge is 0.00798 e. The van der Waals surface area contributed by atoms with Gasteiger partial charge in [0.1, 0.15) is 0 Å². The molecule has 1 saturated heterocycles. The molecule has 1 rings (SSSR count). The zero-order chi connectivity index (χ0) is 12.2. The Hall–Kier alpha value is -0.0800. The molecule has 1 atom stereocenters. The van der Waals surface area contributed by atoms with Crippen LogP contribution in [0.3, 0.4) is 0 Å². The molecule has 1 heterocycles. The third kappa shape index (κ3) is 4.06. The fourth-order valence-corrected chi connectivity index (χ4v) is 1.89. The normalized spacial score (nSPS) is 24.2. The van der Waals surface area contributed by atoms with Crippen molar-refractivity contribution in [2.24, 2.45) is 10.8 Å². The lowest BCUT2D eigenvalue weighted by atomic mass is 9.69. The fraction of sp³-hybridized carbons (Fsp3) is 1.00. The Bertz CT molecular complexity index is 195. The zero-order valence-electron chi connectivity index (χ0n) is 11.8. The number of hydrogen-bond donors (Lipinski definition) is 2. The quantitative estimate of drug-likeness (QED) is 0.773. The highest BCUT2D eigenvalue weighted by Crippen LogP contribution is 2.37. The molecular formula is C14H30N2. The molecule has 0 aromatic heterocycles. The first-order valence-corrected chi connectivity index (χ1v) is 6.77. The molecule has 1 aliphatic rings. The van der Waals surface area contributed by atoms with Crippen molar-refractivity contribution in [3.05, 3.63) is 0 Å². The summed E-state index contributed by atoms with van der Waals surface area (Å²) in [7, 11) is 0. The third-order valence-corrected chi connectivity index (χ3v) is 4.44. The first-order chi connectivity index (χ1) is 7.33. The van der Waals surface area contributed by atoms with Crippen LogP contribution in [0.1, 0.15) is 53.9 Å². The van der Waals surface area contributed by atoms with Gasteiger partial charge in [-0.2, -0.15) is 0 Å². The monoisotopic (exact) mass is 226 g/mol. The summed E-state index contributed by atoms with van der Waals surface area (Å²) in [4.78, 5) is 0. The maximum absolute atomic E-state index is 3.77. The van der Waals surface area contributed by atoms with E-state index in [4.69, 9.17) is 0 Å². The van der Waals surface area contributed by atoms with Gasteiger partial charge in [0.05, 0.1) is 0 Å². The topological polar surface area (TPSA) is 24.1 Å². The third-order valence-electron chi connectivity index (χ3n) is 4.44. The van der Waals surface area contributed by atoms with Crippen LogP contribution in [-0.2, 0) is 0 Å². The zero-order valence-corrected chi connectivity index (χ0v) is 11.8. The number of nitrogens with one attached hydrogen (secondary N) is 2. The summed E-state index contributed by atoms with van der Waals surface area (Å²) >= 11 is 0. The highest BCUT2D eigenvalue weighted by molar-refractivity contribution is 4.86. The van der Waals surface area contributed by atoms with Gasteiger partial charge in [-0.15, -0.1) is 0 Å². The Morgan fingerprint density at radius 2 is 1.75 bits per heavy atom. The van der Waals surface area contributed by atoms with E-state index in [0.29, 0.717) is 10.8 Å². The standard InChI is InChI=1S/C14H30N2/c1-13(2,3)14(4,5)11-16-12-7-6-9-15-10-8-12/h12,15-16H,6-11H2,1-5H3.